The Balaban J connectivity index is 1.92. The summed E-state index contributed by atoms with van der Waals surface area (Å²) < 4.78 is 28.0. The van der Waals surface area contributed by atoms with E-state index in [0.29, 0.717) is 38.3 Å². The summed E-state index contributed by atoms with van der Waals surface area (Å²) in [4.78, 5) is 31.0. The third-order valence-electron chi connectivity index (χ3n) is 3.29. The number of ether oxygens (including phenoxy) is 1. The van der Waals surface area contributed by atoms with Crippen molar-refractivity contribution in [3.8, 4) is 0 Å². The van der Waals surface area contributed by atoms with Gasteiger partial charge in [-0.3, -0.25) is 9.00 Å². The molecule has 0 spiro atoms. The van der Waals surface area contributed by atoms with E-state index in [1.54, 1.807) is 16.7 Å². The average Bonchev–Trinajstić information content (AvgIpc) is 2.55. The van der Waals surface area contributed by atoms with Gasteiger partial charge in [0.25, 0.3) is 5.91 Å². The summed E-state index contributed by atoms with van der Waals surface area (Å²) in [5, 5.41) is 0. The van der Waals surface area contributed by atoms with Crippen molar-refractivity contribution in [2.45, 2.75) is 6.92 Å². The molecular formula is C13H17N4O5S-. The summed E-state index contributed by atoms with van der Waals surface area (Å²) in [5.41, 5.74) is 0.358. The van der Waals surface area contributed by atoms with Crippen molar-refractivity contribution in [2.75, 3.05) is 37.5 Å². The van der Waals surface area contributed by atoms with Gasteiger partial charge in [-0.2, -0.15) is 0 Å². The Labute approximate surface area is 136 Å². The van der Waals surface area contributed by atoms with Gasteiger partial charge in [0.05, 0.1) is 12.2 Å². The molecule has 0 saturated carbocycles. The molecule has 2 rings (SSSR count). The fourth-order valence-electron chi connectivity index (χ4n) is 2.16. The number of rotatable bonds is 4. The second kappa shape index (κ2) is 7.88. The number of nitrogens with zero attached hydrogens (tertiary/aromatic N) is 3. The van der Waals surface area contributed by atoms with Crippen molar-refractivity contribution in [3.05, 3.63) is 23.9 Å². The van der Waals surface area contributed by atoms with Gasteiger partial charge >= 0.3 is 6.09 Å². The third-order valence-corrected chi connectivity index (χ3v) is 3.67. The Morgan fingerprint density at radius 2 is 1.96 bits per heavy atom. The topological polar surface area (TPSA) is 115 Å². The molecule has 1 unspecified atom stereocenters. The number of nitrogens with one attached hydrogen (secondary N) is 1. The zero-order valence-electron chi connectivity index (χ0n) is 12.6. The van der Waals surface area contributed by atoms with E-state index in [0.717, 1.165) is 0 Å². The van der Waals surface area contributed by atoms with Crippen LogP contribution in [0.5, 0.6) is 0 Å². The van der Waals surface area contributed by atoms with Crippen LogP contribution in [0.1, 0.15) is 17.3 Å². The van der Waals surface area contributed by atoms with Gasteiger partial charge in [-0.1, -0.05) is 0 Å². The van der Waals surface area contributed by atoms with Crippen molar-refractivity contribution in [1.29, 1.82) is 0 Å². The van der Waals surface area contributed by atoms with Crippen LogP contribution in [0.3, 0.4) is 0 Å². The van der Waals surface area contributed by atoms with Crippen LogP contribution in [-0.2, 0) is 16.0 Å². The average molecular weight is 341 g/mol. The van der Waals surface area contributed by atoms with E-state index < -0.39 is 11.3 Å². The molecule has 1 saturated heterocycles. The lowest BCUT2D eigenvalue weighted by molar-refractivity contribution is 0.0570. The Kier molecular flexibility index (Phi) is 5.88. The van der Waals surface area contributed by atoms with Crippen LogP contribution in [0.2, 0.25) is 0 Å². The highest BCUT2D eigenvalue weighted by Gasteiger charge is 2.25. The minimum atomic E-state index is -2.46. The van der Waals surface area contributed by atoms with Crippen LogP contribution >= 0.6 is 0 Å². The van der Waals surface area contributed by atoms with Crippen molar-refractivity contribution < 1.29 is 23.1 Å². The number of carbonyl (C=O) groups is 2. The normalized spacial score (nSPS) is 15.9. The summed E-state index contributed by atoms with van der Waals surface area (Å²) >= 11 is -2.46. The van der Waals surface area contributed by atoms with E-state index in [1.807, 2.05) is 0 Å². The SMILES string of the molecule is CCOC(=O)N1CCN(C(=O)c2ccc(NS(=O)[O-])nc2)CC1. The summed E-state index contributed by atoms with van der Waals surface area (Å²) in [5.74, 6) is -0.0715. The van der Waals surface area contributed by atoms with Crippen molar-refractivity contribution in [3.63, 3.8) is 0 Å². The number of piperazine rings is 1. The summed E-state index contributed by atoms with van der Waals surface area (Å²) in [6, 6.07) is 2.92. The Morgan fingerprint density at radius 1 is 1.30 bits per heavy atom. The number of amides is 2. The molecule has 1 aromatic rings. The smallest absolute Gasteiger partial charge is 0.409 e. The highest BCUT2D eigenvalue weighted by atomic mass is 32.2. The minimum Gasteiger partial charge on any atom is -0.755 e. The summed E-state index contributed by atoms with van der Waals surface area (Å²) in [6.07, 6.45) is 0.942. The van der Waals surface area contributed by atoms with Gasteiger partial charge in [-0.05, 0) is 19.1 Å². The molecule has 0 bridgehead atoms. The van der Waals surface area contributed by atoms with Gasteiger partial charge < -0.3 is 23.8 Å². The maximum atomic E-state index is 12.3. The van der Waals surface area contributed by atoms with Crippen LogP contribution < -0.4 is 4.72 Å². The number of anilines is 1. The first-order valence-corrected chi connectivity index (χ1v) is 8.11. The molecule has 126 valence electrons. The van der Waals surface area contributed by atoms with E-state index >= 15 is 0 Å². The van der Waals surface area contributed by atoms with Crippen LogP contribution in [-0.4, -0.2) is 68.3 Å². The zero-order valence-corrected chi connectivity index (χ0v) is 13.4. The van der Waals surface area contributed by atoms with Crippen molar-refractivity contribution >= 4 is 29.1 Å². The Morgan fingerprint density at radius 3 is 2.48 bits per heavy atom. The number of aromatic nitrogens is 1. The number of pyridine rings is 1. The first-order valence-electron chi connectivity index (χ1n) is 7.04. The predicted molar refractivity (Wildman–Crippen MR) is 81.3 cm³/mol. The Hall–Kier alpha value is -2.20. The number of hydrogen-bond donors (Lipinski definition) is 1. The predicted octanol–water partition coefficient (Wildman–Crippen LogP) is 0.202. The third kappa shape index (κ3) is 4.63. The van der Waals surface area contributed by atoms with E-state index in [2.05, 4.69) is 9.71 Å². The van der Waals surface area contributed by atoms with Crippen LogP contribution in [0.25, 0.3) is 0 Å². The standard InChI is InChI=1S/C13H18N4O5S/c1-2-22-13(19)17-7-5-16(6-8-17)12(18)10-3-4-11(14-9-10)15-23(20)21/h3-4,9H,2,5-8H2,1H3,(H,14,15)(H,20,21)/p-1. The fraction of sp³-hybridized carbons (Fsp3) is 0.462. The molecule has 1 N–H and O–H groups in total. The van der Waals surface area contributed by atoms with Crippen LogP contribution in [0, 0.1) is 0 Å². The lowest BCUT2D eigenvalue weighted by Crippen LogP contribution is -2.50. The molecule has 9 nitrogen and oxygen atoms in total. The lowest BCUT2D eigenvalue weighted by Gasteiger charge is -2.34. The largest absolute Gasteiger partial charge is 0.755 e. The maximum Gasteiger partial charge on any atom is 0.409 e. The van der Waals surface area contributed by atoms with Gasteiger partial charge in [0.2, 0.25) is 0 Å². The number of carbonyl (C=O) groups excluding carboxylic acids is 2. The molecular weight excluding hydrogens is 324 g/mol. The molecule has 2 amide bonds. The lowest BCUT2D eigenvalue weighted by atomic mass is 10.2. The van der Waals surface area contributed by atoms with Crippen LogP contribution in [0.4, 0.5) is 10.6 Å². The van der Waals surface area contributed by atoms with E-state index in [1.165, 1.54) is 18.3 Å². The molecule has 23 heavy (non-hydrogen) atoms. The second-order valence-electron chi connectivity index (χ2n) is 4.75. The van der Waals surface area contributed by atoms with E-state index in [9.17, 15) is 18.4 Å². The van der Waals surface area contributed by atoms with E-state index in [4.69, 9.17) is 4.74 Å². The van der Waals surface area contributed by atoms with Gasteiger partial charge in [-0.15, -0.1) is 0 Å². The quantitative estimate of drug-likeness (QED) is 0.783. The first kappa shape index (κ1) is 17.2. The minimum absolute atomic E-state index is 0.141. The van der Waals surface area contributed by atoms with Crippen molar-refractivity contribution in [1.82, 2.24) is 14.8 Å². The van der Waals surface area contributed by atoms with Gasteiger partial charge in [0.15, 0.2) is 0 Å². The highest BCUT2D eigenvalue weighted by molar-refractivity contribution is 7.80. The molecule has 1 aliphatic rings. The molecule has 0 radical (unpaired) electrons. The van der Waals surface area contributed by atoms with Crippen molar-refractivity contribution in [2.24, 2.45) is 0 Å². The maximum absolute atomic E-state index is 12.3. The highest BCUT2D eigenvalue weighted by Crippen LogP contribution is 2.11. The first-order chi connectivity index (χ1) is 11.0. The molecule has 10 heteroatoms. The molecule has 2 heterocycles. The van der Waals surface area contributed by atoms with Gasteiger partial charge in [0.1, 0.15) is 5.82 Å². The molecule has 1 fully saturated rings. The fourth-order valence-corrected chi connectivity index (χ4v) is 2.45. The molecule has 1 aromatic heterocycles. The molecule has 1 aliphatic heterocycles. The van der Waals surface area contributed by atoms with Gasteiger partial charge in [-0.25, -0.2) is 9.78 Å². The molecule has 0 aromatic carbocycles. The zero-order chi connectivity index (χ0) is 16.8. The summed E-state index contributed by atoms with van der Waals surface area (Å²) in [7, 11) is 0. The summed E-state index contributed by atoms with van der Waals surface area (Å²) in [6.45, 7) is 3.69. The van der Waals surface area contributed by atoms with Gasteiger partial charge in [0, 0.05) is 43.6 Å². The number of hydrogen-bond acceptors (Lipinski definition) is 6. The van der Waals surface area contributed by atoms with Crippen LogP contribution in [0.15, 0.2) is 18.3 Å². The Bertz CT molecular complexity index is 587. The monoisotopic (exact) mass is 341 g/mol. The second-order valence-corrected chi connectivity index (χ2v) is 5.42. The van der Waals surface area contributed by atoms with E-state index in [-0.39, 0.29) is 17.8 Å². The molecule has 1 atom stereocenters. The molecule has 0 aliphatic carbocycles.